The molecule has 1 aliphatic rings. The zero-order valence-corrected chi connectivity index (χ0v) is 22.4. The van der Waals surface area contributed by atoms with Gasteiger partial charge in [-0.3, -0.25) is 9.48 Å². The van der Waals surface area contributed by atoms with Gasteiger partial charge in [-0.05, 0) is 70.8 Å². The van der Waals surface area contributed by atoms with Crippen molar-refractivity contribution in [2.24, 2.45) is 7.05 Å². The predicted molar refractivity (Wildman–Crippen MR) is 138 cm³/mol. The van der Waals surface area contributed by atoms with Crippen molar-refractivity contribution in [2.75, 3.05) is 32.1 Å². The van der Waals surface area contributed by atoms with Crippen LogP contribution in [0.2, 0.25) is 0 Å². The SMILES string of the molecule is CCCOc1ccc(S(=O)(=O)NCCC2CCCN2C)cc1C(=O)Nc1c(CCC)nn(C)c1C. The fourth-order valence-electron chi connectivity index (χ4n) is 4.41. The van der Waals surface area contributed by atoms with Crippen molar-refractivity contribution < 1.29 is 17.9 Å². The van der Waals surface area contributed by atoms with Gasteiger partial charge in [0, 0.05) is 19.6 Å². The monoisotopic (exact) mass is 505 g/mol. The number of ether oxygens (including phenoxy) is 1. The van der Waals surface area contributed by atoms with Gasteiger partial charge in [-0.1, -0.05) is 20.3 Å². The minimum Gasteiger partial charge on any atom is -0.493 e. The van der Waals surface area contributed by atoms with Crippen LogP contribution >= 0.6 is 0 Å². The molecule has 2 heterocycles. The van der Waals surface area contributed by atoms with Crippen molar-refractivity contribution in [3.8, 4) is 5.75 Å². The highest BCUT2D eigenvalue weighted by Gasteiger charge is 2.24. The van der Waals surface area contributed by atoms with Crippen molar-refractivity contribution in [1.29, 1.82) is 0 Å². The summed E-state index contributed by atoms with van der Waals surface area (Å²) in [6.45, 7) is 7.74. The molecule has 0 radical (unpaired) electrons. The fraction of sp³-hybridized carbons (Fsp3) is 0.600. The van der Waals surface area contributed by atoms with Crippen LogP contribution in [-0.4, -0.2) is 61.8 Å². The number of amides is 1. The maximum absolute atomic E-state index is 13.4. The molecule has 1 aliphatic heterocycles. The third-order valence-electron chi connectivity index (χ3n) is 6.54. The van der Waals surface area contributed by atoms with Crippen LogP contribution in [0.4, 0.5) is 5.69 Å². The number of hydrogen-bond acceptors (Lipinski definition) is 6. The molecule has 0 aliphatic carbocycles. The Morgan fingerprint density at radius 2 is 2.00 bits per heavy atom. The number of anilines is 1. The van der Waals surface area contributed by atoms with Gasteiger partial charge < -0.3 is 15.0 Å². The molecule has 2 aromatic rings. The van der Waals surface area contributed by atoms with E-state index in [2.05, 4.69) is 34.0 Å². The molecule has 1 saturated heterocycles. The number of carbonyl (C=O) groups is 1. The van der Waals surface area contributed by atoms with E-state index in [-0.39, 0.29) is 10.5 Å². The average Bonchev–Trinajstić information content (AvgIpc) is 3.35. The number of likely N-dealkylation sites (tertiary alicyclic amines) is 1. The fourth-order valence-corrected chi connectivity index (χ4v) is 5.48. The van der Waals surface area contributed by atoms with E-state index in [1.54, 1.807) is 10.7 Å². The Morgan fingerprint density at radius 1 is 1.23 bits per heavy atom. The molecule has 0 bridgehead atoms. The summed E-state index contributed by atoms with van der Waals surface area (Å²) in [5, 5.41) is 7.47. The number of aromatic nitrogens is 2. The second kappa shape index (κ2) is 12.0. The van der Waals surface area contributed by atoms with Crippen LogP contribution in [0, 0.1) is 6.92 Å². The van der Waals surface area contributed by atoms with Crippen LogP contribution in [0.15, 0.2) is 23.1 Å². The zero-order chi connectivity index (χ0) is 25.6. The maximum Gasteiger partial charge on any atom is 0.259 e. The van der Waals surface area contributed by atoms with E-state index in [0.717, 1.165) is 56.5 Å². The lowest BCUT2D eigenvalue weighted by Crippen LogP contribution is -2.32. The third kappa shape index (κ3) is 6.62. The normalized spacial score (nSPS) is 16.5. The molecule has 35 heavy (non-hydrogen) atoms. The van der Waals surface area contributed by atoms with E-state index in [4.69, 9.17) is 4.74 Å². The third-order valence-corrected chi connectivity index (χ3v) is 8.00. The number of nitrogens with one attached hydrogen (secondary N) is 2. The minimum absolute atomic E-state index is 0.0444. The van der Waals surface area contributed by atoms with E-state index in [1.165, 1.54) is 12.1 Å². The molecule has 1 amide bonds. The van der Waals surface area contributed by atoms with Gasteiger partial charge in [-0.2, -0.15) is 5.10 Å². The Hall–Kier alpha value is -2.43. The molecule has 1 aromatic heterocycles. The molecule has 10 heteroatoms. The molecule has 3 rings (SSSR count). The summed E-state index contributed by atoms with van der Waals surface area (Å²) in [6.07, 6.45) is 5.36. The average molecular weight is 506 g/mol. The highest BCUT2D eigenvalue weighted by molar-refractivity contribution is 7.89. The number of sulfonamides is 1. The van der Waals surface area contributed by atoms with Crippen molar-refractivity contribution in [2.45, 2.75) is 70.2 Å². The summed E-state index contributed by atoms with van der Waals surface area (Å²) >= 11 is 0. The Bertz CT molecular complexity index is 1130. The molecule has 1 fully saturated rings. The number of nitrogens with zero attached hydrogens (tertiary/aromatic N) is 3. The molecule has 0 saturated carbocycles. The molecule has 1 unspecified atom stereocenters. The van der Waals surface area contributed by atoms with Crippen LogP contribution in [0.3, 0.4) is 0 Å². The first-order valence-corrected chi connectivity index (χ1v) is 14.0. The lowest BCUT2D eigenvalue weighted by Gasteiger charge is -2.19. The largest absolute Gasteiger partial charge is 0.493 e. The summed E-state index contributed by atoms with van der Waals surface area (Å²) in [6, 6.07) is 4.84. The first-order chi connectivity index (χ1) is 16.7. The molecule has 2 N–H and O–H groups in total. The summed E-state index contributed by atoms with van der Waals surface area (Å²) in [7, 11) is 0.130. The van der Waals surface area contributed by atoms with Crippen LogP contribution in [0.5, 0.6) is 5.75 Å². The van der Waals surface area contributed by atoms with E-state index in [1.807, 2.05) is 20.9 Å². The van der Waals surface area contributed by atoms with E-state index in [0.29, 0.717) is 30.6 Å². The van der Waals surface area contributed by atoms with E-state index >= 15 is 0 Å². The molecule has 0 spiro atoms. The maximum atomic E-state index is 13.4. The molecule has 1 aromatic carbocycles. The van der Waals surface area contributed by atoms with Crippen molar-refractivity contribution in [3.63, 3.8) is 0 Å². The molecular weight excluding hydrogens is 466 g/mol. The lowest BCUT2D eigenvalue weighted by molar-refractivity contribution is 0.102. The highest BCUT2D eigenvalue weighted by atomic mass is 32.2. The number of aryl methyl sites for hydroxylation is 2. The summed E-state index contributed by atoms with van der Waals surface area (Å²) in [4.78, 5) is 15.7. The summed E-state index contributed by atoms with van der Waals surface area (Å²) in [5.74, 6) is -0.0661. The Labute approximate surface area is 209 Å². The zero-order valence-electron chi connectivity index (χ0n) is 21.6. The smallest absolute Gasteiger partial charge is 0.259 e. The number of benzene rings is 1. The van der Waals surface area contributed by atoms with Gasteiger partial charge in [0.15, 0.2) is 0 Å². The molecular formula is C25H39N5O4S. The van der Waals surface area contributed by atoms with Gasteiger partial charge in [-0.15, -0.1) is 0 Å². The Balaban J connectivity index is 1.83. The van der Waals surface area contributed by atoms with Crippen LogP contribution < -0.4 is 14.8 Å². The van der Waals surface area contributed by atoms with Gasteiger partial charge in [0.05, 0.1) is 34.1 Å². The minimum atomic E-state index is -3.78. The number of rotatable bonds is 12. The molecule has 9 nitrogen and oxygen atoms in total. The number of hydrogen-bond donors (Lipinski definition) is 2. The Morgan fingerprint density at radius 3 is 2.66 bits per heavy atom. The van der Waals surface area contributed by atoms with Crippen molar-refractivity contribution in [1.82, 2.24) is 19.4 Å². The lowest BCUT2D eigenvalue weighted by atomic mass is 10.1. The predicted octanol–water partition coefficient (Wildman–Crippen LogP) is 3.48. The quantitative estimate of drug-likeness (QED) is 0.458. The highest BCUT2D eigenvalue weighted by Crippen LogP contribution is 2.27. The summed E-state index contributed by atoms with van der Waals surface area (Å²) in [5.41, 5.74) is 2.48. The van der Waals surface area contributed by atoms with Crippen LogP contribution in [-0.2, 0) is 23.5 Å². The van der Waals surface area contributed by atoms with Gasteiger partial charge in [0.2, 0.25) is 10.0 Å². The van der Waals surface area contributed by atoms with Gasteiger partial charge in [0.1, 0.15) is 5.75 Å². The topological polar surface area (TPSA) is 106 Å². The van der Waals surface area contributed by atoms with Gasteiger partial charge >= 0.3 is 0 Å². The van der Waals surface area contributed by atoms with E-state index < -0.39 is 15.9 Å². The Kier molecular flexibility index (Phi) is 9.32. The second-order valence-electron chi connectivity index (χ2n) is 9.20. The standard InChI is InChI=1S/C25H39N5O4S/c1-6-9-22-24(18(3)30(5)28-22)27-25(31)21-17-20(11-12-23(21)34-16-7-2)35(32,33)26-14-13-19-10-8-15-29(19)4/h11-12,17,19,26H,6-10,13-16H2,1-5H3,(H,27,31). The first kappa shape index (κ1) is 27.2. The molecule has 194 valence electrons. The second-order valence-corrected chi connectivity index (χ2v) is 11.0. The van der Waals surface area contributed by atoms with Crippen LogP contribution in [0.25, 0.3) is 0 Å². The number of carbonyl (C=O) groups excluding carboxylic acids is 1. The first-order valence-electron chi connectivity index (χ1n) is 12.5. The van der Waals surface area contributed by atoms with Crippen molar-refractivity contribution >= 4 is 21.6 Å². The van der Waals surface area contributed by atoms with Crippen LogP contribution in [0.1, 0.15) is 67.7 Å². The van der Waals surface area contributed by atoms with E-state index in [9.17, 15) is 13.2 Å². The van der Waals surface area contributed by atoms with Gasteiger partial charge in [0.25, 0.3) is 5.91 Å². The summed E-state index contributed by atoms with van der Waals surface area (Å²) < 4.78 is 36.3. The van der Waals surface area contributed by atoms with Crippen molar-refractivity contribution in [3.05, 3.63) is 35.2 Å². The van der Waals surface area contributed by atoms with Gasteiger partial charge in [-0.25, -0.2) is 13.1 Å². The molecule has 1 atom stereocenters.